The van der Waals surface area contributed by atoms with Crippen LogP contribution in [0.4, 0.5) is 5.69 Å². The number of ether oxygens (including phenoxy) is 3. The molecule has 1 aromatic heterocycles. The van der Waals surface area contributed by atoms with Crippen molar-refractivity contribution in [3.63, 3.8) is 0 Å². The fraction of sp³-hybridized carbons (Fsp3) is 0.333. The lowest BCUT2D eigenvalue weighted by atomic mass is 9.72. The third kappa shape index (κ3) is 5.52. The van der Waals surface area contributed by atoms with Crippen LogP contribution in [0.15, 0.2) is 93.9 Å². The molecule has 212 valence electrons. The zero-order chi connectivity index (χ0) is 28.3. The van der Waals surface area contributed by atoms with Gasteiger partial charge in [-0.2, -0.15) is 0 Å². The smallest absolute Gasteiger partial charge is 0.337 e. The first-order chi connectivity index (χ1) is 20.0. The topological polar surface area (TPSA) is 90.2 Å². The van der Waals surface area contributed by atoms with Gasteiger partial charge in [0.25, 0.3) is 0 Å². The van der Waals surface area contributed by atoms with Crippen LogP contribution in [-0.4, -0.2) is 45.2 Å². The van der Waals surface area contributed by atoms with Gasteiger partial charge in [-0.05, 0) is 60.9 Å². The van der Waals surface area contributed by atoms with Crippen LogP contribution in [0.2, 0.25) is 0 Å². The van der Waals surface area contributed by atoms with Crippen LogP contribution in [0.3, 0.4) is 0 Å². The highest BCUT2D eigenvalue weighted by atomic mass is 16.5. The molecule has 1 saturated heterocycles. The van der Waals surface area contributed by atoms with Crippen molar-refractivity contribution in [1.82, 2.24) is 5.32 Å². The predicted molar refractivity (Wildman–Crippen MR) is 154 cm³/mol. The Morgan fingerprint density at radius 2 is 1.78 bits per heavy atom. The summed E-state index contributed by atoms with van der Waals surface area (Å²) in [5.74, 6) is 0.516. The number of esters is 1. The summed E-state index contributed by atoms with van der Waals surface area (Å²) in [5, 5.41) is 3.40. The normalized spacial score (nSPS) is 20.9. The Labute approximate surface area is 239 Å². The Hall–Kier alpha value is -4.30. The number of benzene rings is 2. The number of Topliss-reactive ketones (excluding diaryl/α,β-unsaturated/α-hetero) is 1. The van der Waals surface area contributed by atoms with Crippen molar-refractivity contribution in [2.75, 3.05) is 38.3 Å². The minimum Gasteiger partial charge on any atom is -0.497 e. The molecule has 3 aliphatic rings. The van der Waals surface area contributed by atoms with E-state index in [4.69, 9.17) is 18.6 Å². The zero-order valence-corrected chi connectivity index (χ0v) is 23.4. The molecule has 0 bridgehead atoms. The lowest BCUT2D eigenvalue weighted by Gasteiger charge is -2.36. The molecule has 0 amide bonds. The van der Waals surface area contributed by atoms with E-state index in [9.17, 15) is 9.59 Å². The number of hydrogen-bond donors (Lipinski definition) is 1. The van der Waals surface area contributed by atoms with Crippen molar-refractivity contribution >= 4 is 17.4 Å². The van der Waals surface area contributed by atoms with Crippen molar-refractivity contribution in [2.24, 2.45) is 0 Å². The standard InChI is InChI=1S/C33H34N2O6/c1-21-30(33(37)41-20-22-5-11-26(38-2)12-6-22)31(23-7-9-25(10-8-23)35-13-16-39-17-14-35)32-27(34-21)18-24(19-28(32)36)29-4-3-15-40-29/h3-12,15,24,31,34H,13-14,16-20H2,1-2H3/t24-,31-/m1/s1. The van der Waals surface area contributed by atoms with Crippen molar-refractivity contribution < 1.29 is 28.2 Å². The number of nitrogens with zero attached hydrogens (tertiary/aromatic N) is 1. The summed E-state index contributed by atoms with van der Waals surface area (Å²) < 4.78 is 22.2. The van der Waals surface area contributed by atoms with E-state index in [0.29, 0.717) is 42.9 Å². The van der Waals surface area contributed by atoms with E-state index < -0.39 is 11.9 Å². The summed E-state index contributed by atoms with van der Waals surface area (Å²) in [4.78, 5) is 29.8. The third-order valence-corrected chi connectivity index (χ3v) is 8.12. The lowest BCUT2D eigenvalue weighted by Crippen LogP contribution is -2.36. The molecular formula is C33H34N2O6. The molecule has 0 saturated carbocycles. The molecule has 3 aromatic rings. The Morgan fingerprint density at radius 3 is 2.46 bits per heavy atom. The molecule has 1 aliphatic carbocycles. The Morgan fingerprint density at radius 1 is 1.02 bits per heavy atom. The largest absolute Gasteiger partial charge is 0.497 e. The average molecular weight is 555 g/mol. The molecule has 2 aliphatic heterocycles. The van der Waals surface area contributed by atoms with Gasteiger partial charge < -0.3 is 28.8 Å². The number of rotatable bonds is 7. The van der Waals surface area contributed by atoms with Gasteiger partial charge >= 0.3 is 5.97 Å². The van der Waals surface area contributed by atoms with E-state index in [2.05, 4.69) is 22.3 Å². The van der Waals surface area contributed by atoms with Gasteiger partial charge in [0, 0.05) is 54.0 Å². The van der Waals surface area contributed by atoms with E-state index in [1.54, 1.807) is 13.4 Å². The van der Waals surface area contributed by atoms with E-state index in [0.717, 1.165) is 47.1 Å². The highest BCUT2D eigenvalue weighted by Gasteiger charge is 2.42. The molecule has 1 fully saturated rings. The fourth-order valence-corrected chi connectivity index (χ4v) is 6.02. The van der Waals surface area contributed by atoms with Crippen molar-refractivity contribution in [3.05, 3.63) is 106 Å². The number of furan rings is 1. The van der Waals surface area contributed by atoms with E-state index >= 15 is 0 Å². The molecular weight excluding hydrogens is 520 g/mol. The van der Waals surface area contributed by atoms with E-state index in [1.807, 2.05) is 55.5 Å². The van der Waals surface area contributed by atoms with Crippen LogP contribution in [-0.2, 0) is 25.7 Å². The molecule has 0 unspecified atom stereocenters. The summed E-state index contributed by atoms with van der Waals surface area (Å²) in [6, 6.07) is 19.4. The number of nitrogens with one attached hydrogen (secondary N) is 1. The van der Waals surface area contributed by atoms with Crippen LogP contribution in [0.25, 0.3) is 0 Å². The first-order valence-corrected chi connectivity index (χ1v) is 14.0. The number of carbonyl (C=O) groups excluding carboxylic acids is 2. The highest BCUT2D eigenvalue weighted by molar-refractivity contribution is 6.04. The van der Waals surface area contributed by atoms with Crippen molar-refractivity contribution in [1.29, 1.82) is 0 Å². The minimum atomic E-state index is -0.529. The van der Waals surface area contributed by atoms with Gasteiger partial charge in [-0.15, -0.1) is 0 Å². The Bertz CT molecular complexity index is 1460. The first kappa shape index (κ1) is 26.9. The van der Waals surface area contributed by atoms with Gasteiger partial charge in [0.1, 0.15) is 18.1 Å². The maximum atomic E-state index is 13.8. The van der Waals surface area contributed by atoms with Gasteiger partial charge in [-0.25, -0.2) is 4.79 Å². The molecule has 6 rings (SSSR count). The quantitative estimate of drug-likeness (QED) is 0.397. The second kappa shape index (κ2) is 11.7. The summed E-state index contributed by atoms with van der Waals surface area (Å²) >= 11 is 0. The number of anilines is 1. The molecule has 8 nitrogen and oxygen atoms in total. The van der Waals surface area contributed by atoms with E-state index in [1.165, 1.54) is 0 Å². The van der Waals surface area contributed by atoms with Crippen LogP contribution in [0.5, 0.6) is 5.75 Å². The third-order valence-electron chi connectivity index (χ3n) is 8.12. The molecule has 41 heavy (non-hydrogen) atoms. The minimum absolute atomic E-state index is 0.00959. The Balaban J connectivity index is 1.32. The maximum Gasteiger partial charge on any atom is 0.337 e. The molecule has 3 heterocycles. The number of allylic oxidation sites excluding steroid dienone is 3. The van der Waals surface area contributed by atoms with Gasteiger partial charge in [0.2, 0.25) is 0 Å². The highest BCUT2D eigenvalue weighted by Crippen LogP contribution is 2.46. The van der Waals surface area contributed by atoms with Crippen LogP contribution in [0.1, 0.15) is 48.5 Å². The predicted octanol–water partition coefficient (Wildman–Crippen LogP) is 5.23. The molecule has 2 atom stereocenters. The SMILES string of the molecule is COc1ccc(COC(=O)C2=C(C)NC3=C(C(=O)C[C@H](c4ccco4)C3)[C@@H]2c2ccc(N3CCOCC3)cc2)cc1. The summed E-state index contributed by atoms with van der Waals surface area (Å²) in [7, 11) is 1.61. The molecule has 0 radical (unpaired) electrons. The number of morpholine rings is 1. The average Bonchev–Trinajstić information content (AvgIpc) is 3.55. The molecule has 8 heteroatoms. The number of methoxy groups -OCH3 is 1. The number of ketones is 1. The maximum absolute atomic E-state index is 13.8. The molecule has 1 N–H and O–H groups in total. The molecule has 0 spiro atoms. The lowest BCUT2D eigenvalue weighted by molar-refractivity contribution is -0.140. The van der Waals surface area contributed by atoms with Crippen LogP contribution < -0.4 is 15.0 Å². The van der Waals surface area contributed by atoms with Crippen LogP contribution >= 0.6 is 0 Å². The summed E-state index contributed by atoms with van der Waals surface area (Å²) in [5.41, 5.74) is 5.46. The first-order valence-electron chi connectivity index (χ1n) is 14.0. The van der Waals surface area contributed by atoms with E-state index in [-0.39, 0.29) is 18.3 Å². The molecule has 2 aromatic carbocycles. The van der Waals surface area contributed by atoms with Crippen LogP contribution in [0, 0.1) is 0 Å². The number of carbonyl (C=O) groups is 2. The Kier molecular flexibility index (Phi) is 7.65. The monoisotopic (exact) mass is 554 g/mol. The van der Waals surface area contributed by atoms with Gasteiger partial charge in [-0.3, -0.25) is 4.79 Å². The van der Waals surface area contributed by atoms with Gasteiger partial charge in [0.05, 0.1) is 32.2 Å². The van der Waals surface area contributed by atoms with Crippen molar-refractivity contribution in [2.45, 2.75) is 38.2 Å². The summed E-state index contributed by atoms with van der Waals surface area (Å²) in [6.45, 7) is 5.05. The van der Waals surface area contributed by atoms with Gasteiger partial charge in [0.15, 0.2) is 5.78 Å². The number of dihydropyridines is 1. The van der Waals surface area contributed by atoms with Crippen molar-refractivity contribution in [3.8, 4) is 5.75 Å². The summed E-state index contributed by atoms with van der Waals surface area (Å²) in [6.07, 6.45) is 2.59. The fourth-order valence-electron chi connectivity index (χ4n) is 6.02. The zero-order valence-electron chi connectivity index (χ0n) is 23.4. The van der Waals surface area contributed by atoms with Gasteiger partial charge in [-0.1, -0.05) is 24.3 Å². The second-order valence-corrected chi connectivity index (χ2v) is 10.6. The second-order valence-electron chi connectivity index (χ2n) is 10.6. The number of hydrogen-bond acceptors (Lipinski definition) is 8.